The molecule has 0 spiro atoms. The van der Waals surface area contributed by atoms with Crippen molar-refractivity contribution >= 4 is 0 Å². The van der Waals surface area contributed by atoms with E-state index < -0.39 is 6.29 Å². The van der Waals surface area contributed by atoms with Crippen LogP contribution in [0.3, 0.4) is 0 Å². The highest BCUT2D eigenvalue weighted by Crippen LogP contribution is 2.05. The van der Waals surface area contributed by atoms with E-state index in [0.29, 0.717) is 26.2 Å². The molecule has 0 amide bonds. The number of aliphatic hydroxyl groups excluding tert-OH is 1. The minimum absolute atomic E-state index is 0.357. The highest BCUT2D eigenvalue weighted by Gasteiger charge is 2.14. The molecule has 1 atom stereocenters. The van der Waals surface area contributed by atoms with Crippen LogP contribution >= 0.6 is 0 Å². The monoisotopic (exact) mass is 192 g/mol. The zero-order valence-electron chi connectivity index (χ0n) is 8.66. The fraction of sp³-hybridized carbons (Fsp3) is 1.00. The first-order valence-electron chi connectivity index (χ1n) is 4.77. The zero-order valence-corrected chi connectivity index (χ0v) is 8.66. The van der Waals surface area contributed by atoms with Gasteiger partial charge < -0.3 is 19.3 Å². The average molecular weight is 192 g/mol. The Morgan fingerprint density at radius 2 is 1.38 bits per heavy atom. The maximum Gasteiger partial charge on any atom is 0.162 e. The van der Waals surface area contributed by atoms with Gasteiger partial charge in [-0.25, -0.2) is 0 Å². The molecule has 1 N–H and O–H groups in total. The van der Waals surface area contributed by atoms with E-state index in [1.54, 1.807) is 0 Å². The Balaban J connectivity index is 3.64. The molecular weight excluding hydrogens is 172 g/mol. The van der Waals surface area contributed by atoms with Crippen molar-refractivity contribution < 1.29 is 19.3 Å². The maximum absolute atomic E-state index is 9.29. The van der Waals surface area contributed by atoms with Crippen LogP contribution in [0, 0.1) is 0 Å². The molecule has 0 aromatic heterocycles. The molecule has 0 radical (unpaired) electrons. The molecule has 0 bridgehead atoms. The van der Waals surface area contributed by atoms with Gasteiger partial charge in [-0.3, -0.25) is 0 Å². The second-order valence-electron chi connectivity index (χ2n) is 2.49. The Labute approximate surface area is 79.8 Å². The summed E-state index contributed by atoms with van der Waals surface area (Å²) in [6.07, 6.45) is -0.806. The number of hydrogen-bond donors (Lipinski definition) is 1. The Morgan fingerprint density at radius 3 is 1.77 bits per heavy atom. The summed E-state index contributed by atoms with van der Waals surface area (Å²) < 4.78 is 15.4. The van der Waals surface area contributed by atoms with Crippen LogP contribution in [0.5, 0.6) is 0 Å². The van der Waals surface area contributed by atoms with Crippen molar-refractivity contribution in [2.75, 3.05) is 19.8 Å². The van der Waals surface area contributed by atoms with Gasteiger partial charge in [-0.05, 0) is 20.8 Å². The van der Waals surface area contributed by atoms with Crippen molar-refractivity contribution in [3.05, 3.63) is 0 Å². The van der Waals surface area contributed by atoms with Crippen LogP contribution in [0.2, 0.25) is 0 Å². The molecule has 0 aromatic rings. The van der Waals surface area contributed by atoms with Gasteiger partial charge in [-0.2, -0.15) is 0 Å². The van der Waals surface area contributed by atoms with E-state index in [0.717, 1.165) is 0 Å². The van der Waals surface area contributed by atoms with Gasteiger partial charge >= 0.3 is 0 Å². The van der Waals surface area contributed by atoms with Crippen molar-refractivity contribution in [1.29, 1.82) is 0 Å². The molecule has 1 unspecified atom stereocenters. The van der Waals surface area contributed by atoms with Crippen molar-refractivity contribution in [1.82, 2.24) is 0 Å². The lowest BCUT2D eigenvalue weighted by Crippen LogP contribution is -2.25. The lowest BCUT2D eigenvalue weighted by atomic mass is 10.4. The Morgan fingerprint density at radius 1 is 0.923 bits per heavy atom. The molecule has 0 saturated heterocycles. The number of ether oxygens (including phenoxy) is 3. The lowest BCUT2D eigenvalue weighted by molar-refractivity contribution is -0.192. The first kappa shape index (κ1) is 12.8. The van der Waals surface area contributed by atoms with E-state index in [1.807, 2.05) is 20.8 Å². The van der Waals surface area contributed by atoms with Crippen LogP contribution in [-0.4, -0.2) is 37.5 Å². The highest BCUT2D eigenvalue weighted by molar-refractivity contribution is 4.48. The molecule has 80 valence electrons. The summed E-state index contributed by atoms with van der Waals surface area (Å²) in [5.74, 6) is 0. The van der Waals surface area contributed by atoms with Crippen LogP contribution < -0.4 is 0 Å². The number of aliphatic hydroxyl groups is 1. The van der Waals surface area contributed by atoms with Gasteiger partial charge in [0.2, 0.25) is 0 Å². The Bertz CT molecular complexity index is 102. The Kier molecular flexibility index (Phi) is 8.33. The summed E-state index contributed by atoms with van der Waals surface area (Å²) >= 11 is 0. The number of rotatable bonds is 8. The first-order chi connectivity index (χ1) is 6.24. The molecule has 0 heterocycles. The summed E-state index contributed by atoms with van der Waals surface area (Å²) in [5.41, 5.74) is 0. The van der Waals surface area contributed by atoms with E-state index in [1.165, 1.54) is 0 Å². The van der Waals surface area contributed by atoms with Gasteiger partial charge in [0.1, 0.15) is 0 Å². The van der Waals surface area contributed by atoms with Crippen LogP contribution in [0.1, 0.15) is 27.2 Å². The topological polar surface area (TPSA) is 47.9 Å². The molecule has 0 aliphatic heterocycles. The van der Waals surface area contributed by atoms with Crippen molar-refractivity contribution in [2.24, 2.45) is 0 Å². The van der Waals surface area contributed by atoms with E-state index in [2.05, 4.69) is 0 Å². The summed E-state index contributed by atoms with van der Waals surface area (Å²) in [7, 11) is 0. The lowest BCUT2D eigenvalue weighted by Gasteiger charge is -2.19. The summed E-state index contributed by atoms with van der Waals surface area (Å²) in [6, 6.07) is 0. The van der Waals surface area contributed by atoms with Gasteiger partial charge in [-0.15, -0.1) is 0 Å². The van der Waals surface area contributed by atoms with Crippen LogP contribution in [-0.2, 0) is 14.2 Å². The molecule has 0 aliphatic carbocycles. The molecule has 4 nitrogen and oxygen atoms in total. The van der Waals surface area contributed by atoms with Gasteiger partial charge in [0.25, 0.3) is 0 Å². The van der Waals surface area contributed by atoms with Crippen LogP contribution in [0.15, 0.2) is 0 Å². The third-order valence-electron chi connectivity index (χ3n) is 1.46. The van der Waals surface area contributed by atoms with E-state index in [9.17, 15) is 5.11 Å². The normalized spacial score (nSPS) is 13.6. The van der Waals surface area contributed by atoms with E-state index >= 15 is 0 Å². The predicted octanol–water partition coefficient (Wildman–Crippen LogP) is 1.13. The maximum atomic E-state index is 9.29. The van der Waals surface area contributed by atoms with E-state index in [4.69, 9.17) is 14.2 Å². The predicted molar refractivity (Wildman–Crippen MR) is 49.3 cm³/mol. The fourth-order valence-electron chi connectivity index (χ4n) is 0.981. The van der Waals surface area contributed by atoms with Gasteiger partial charge in [0, 0.05) is 26.2 Å². The molecular formula is C9H20O4. The van der Waals surface area contributed by atoms with Crippen LogP contribution in [0.25, 0.3) is 0 Å². The smallest absolute Gasteiger partial charge is 0.162 e. The van der Waals surface area contributed by atoms with E-state index in [-0.39, 0.29) is 6.29 Å². The quantitative estimate of drug-likeness (QED) is 0.586. The fourth-order valence-corrected chi connectivity index (χ4v) is 0.981. The summed E-state index contributed by atoms with van der Waals surface area (Å²) in [5, 5.41) is 9.29. The SMILES string of the molecule is CCOC(O)CC(OCC)OCC. The minimum Gasteiger partial charge on any atom is -0.368 e. The molecule has 0 aromatic carbocycles. The zero-order chi connectivity index (χ0) is 10.1. The van der Waals surface area contributed by atoms with Crippen LogP contribution in [0.4, 0.5) is 0 Å². The first-order valence-corrected chi connectivity index (χ1v) is 4.77. The third kappa shape index (κ3) is 6.95. The Hall–Kier alpha value is -0.160. The molecule has 4 heteroatoms. The van der Waals surface area contributed by atoms with Crippen molar-refractivity contribution in [3.63, 3.8) is 0 Å². The second-order valence-corrected chi connectivity index (χ2v) is 2.49. The largest absolute Gasteiger partial charge is 0.368 e. The van der Waals surface area contributed by atoms with Gasteiger partial charge in [0.05, 0.1) is 0 Å². The van der Waals surface area contributed by atoms with Crippen molar-refractivity contribution in [2.45, 2.75) is 39.8 Å². The molecule has 0 rings (SSSR count). The second kappa shape index (κ2) is 8.44. The molecule has 0 fully saturated rings. The van der Waals surface area contributed by atoms with Crippen molar-refractivity contribution in [3.8, 4) is 0 Å². The average Bonchev–Trinajstić information content (AvgIpc) is 2.05. The molecule has 0 aliphatic rings. The van der Waals surface area contributed by atoms with Gasteiger partial charge in [-0.1, -0.05) is 0 Å². The minimum atomic E-state index is -0.798. The molecule has 13 heavy (non-hydrogen) atoms. The third-order valence-corrected chi connectivity index (χ3v) is 1.46. The summed E-state index contributed by atoms with van der Waals surface area (Å²) in [4.78, 5) is 0. The number of hydrogen-bond acceptors (Lipinski definition) is 4. The summed E-state index contributed by atoms with van der Waals surface area (Å²) in [6.45, 7) is 7.25. The molecule has 0 saturated carbocycles. The van der Waals surface area contributed by atoms with Gasteiger partial charge in [0.15, 0.2) is 12.6 Å². The highest BCUT2D eigenvalue weighted by atomic mass is 16.7. The standard InChI is InChI=1S/C9H20O4/c1-4-11-8(10)7-9(12-5-2)13-6-3/h8-10H,4-7H2,1-3H3.